The molecule has 0 aromatic rings. The normalized spacial score (nSPS) is 13.1. The number of carbonyl (C=O) groups excluding carboxylic acids is 2. The van der Waals surface area contributed by atoms with Gasteiger partial charge in [0.1, 0.15) is 12.2 Å². The maximum absolute atomic E-state index is 11.8. The summed E-state index contributed by atoms with van der Waals surface area (Å²) in [4.78, 5) is 23.6. The molecule has 0 spiro atoms. The second-order valence-corrected chi connectivity index (χ2v) is 6.62. The van der Waals surface area contributed by atoms with Crippen LogP contribution in [0.1, 0.15) is 67.7 Å². The standard InChI is InChI=1S/C17H32O4/c1-8-14(11(2)3)20-15(18)9-10-16(19)21-17(12(4)5)13(6)7/h11-14,17H,8-10H2,1-7H3. The molecule has 0 saturated carbocycles. The fourth-order valence-corrected chi connectivity index (χ4v) is 2.38. The largest absolute Gasteiger partial charge is 0.462 e. The van der Waals surface area contributed by atoms with E-state index in [9.17, 15) is 9.59 Å². The Balaban J connectivity index is 4.21. The Morgan fingerprint density at radius 2 is 1.19 bits per heavy atom. The maximum Gasteiger partial charge on any atom is 0.306 e. The van der Waals surface area contributed by atoms with Gasteiger partial charge in [0, 0.05) is 0 Å². The van der Waals surface area contributed by atoms with Crippen LogP contribution >= 0.6 is 0 Å². The van der Waals surface area contributed by atoms with Crippen molar-refractivity contribution in [2.24, 2.45) is 17.8 Å². The van der Waals surface area contributed by atoms with Crippen LogP contribution in [0.15, 0.2) is 0 Å². The molecule has 0 aromatic carbocycles. The lowest BCUT2D eigenvalue weighted by atomic mass is 9.96. The van der Waals surface area contributed by atoms with Crippen molar-refractivity contribution in [3.05, 3.63) is 0 Å². The summed E-state index contributed by atoms with van der Waals surface area (Å²) >= 11 is 0. The third-order valence-corrected chi connectivity index (χ3v) is 3.54. The molecule has 0 aliphatic rings. The van der Waals surface area contributed by atoms with Crippen molar-refractivity contribution in [1.82, 2.24) is 0 Å². The van der Waals surface area contributed by atoms with Crippen LogP contribution in [0.3, 0.4) is 0 Å². The molecule has 1 unspecified atom stereocenters. The molecule has 0 heterocycles. The van der Waals surface area contributed by atoms with Gasteiger partial charge in [-0.05, 0) is 24.2 Å². The molecule has 0 saturated heterocycles. The molecular weight excluding hydrogens is 268 g/mol. The monoisotopic (exact) mass is 300 g/mol. The zero-order valence-corrected chi connectivity index (χ0v) is 14.6. The lowest BCUT2D eigenvalue weighted by molar-refractivity contribution is -0.159. The van der Waals surface area contributed by atoms with Gasteiger partial charge in [0.25, 0.3) is 0 Å². The van der Waals surface area contributed by atoms with E-state index in [2.05, 4.69) is 0 Å². The molecule has 0 fully saturated rings. The van der Waals surface area contributed by atoms with Gasteiger partial charge in [-0.3, -0.25) is 9.59 Å². The van der Waals surface area contributed by atoms with Gasteiger partial charge in [0.2, 0.25) is 0 Å². The molecule has 4 heteroatoms. The summed E-state index contributed by atoms with van der Waals surface area (Å²) in [7, 11) is 0. The van der Waals surface area contributed by atoms with Crippen LogP contribution in [-0.4, -0.2) is 24.1 Å². The summed E-state index contributed by atoms with van der Waals surface area (Å²) < 4.78 is 10.8. The number of hydrogen-bond acceptors (Lipinski definition) is 4. The number of hydrogen-bond donors (Lipinski definition) is 0. The quantitative estimate of drug-likeness (QED) is 0.605. The Bertz CT molecular complexity index is 313. The number of carbonyl (C=O) groups is 2. The third kappa shape index (κ3) is 8.08. The van der Waals surface area contributed by atoms with Gasteiger partial charge < -0.3 is 9.47 Å². The zero-order chi connectivity index (χ0) is 16.6. The predicted molar refractivity (Wildman–Crippen MR) is 83.8 cm³/mol. The highest BCUT2D eigenvalue weighted by molar-refractivity contribution is 5.77. The fraction of sp³-hybridized carbons (Fsp3) is 0.882. The van der Waals surface area contributed by atoms with E-state index in [1.165, 1.54) is 0 Å². The zero-order valence-electron chi connectivity index (χ0n) is 14.6. The highest BCUT2D eigenvalue weighted by Gasteiger charge is 2.23. The predicted octanol–water partition coefficient (Wildman–Crippen LogP) is 3.97. The van der Waals surface area contributed by atoms with E-state index in [-0.39, 0.29) is 54.7 Å². The molecule has 0 N–H and O–H groups in total. The third-order valence-electron chi connectivity index (χ3n) is 3.54. The van der Waals surface area contributed by atoms with Crippen LogP contribution in [0.4, 0.5) is 0 Å². The molecular formula is C17H32O4. The summed E-state index contributed by atoms with van der Waals surface area (Å²) in [6.07, 6.45) is 0.783. The molecule has 124 valence electrons. The van der Waals surface area contributed by atoms with Crippen LogP contribution in [0.2, 0.25) is 0 Å². The molecule has 0 aromatic heterocycles. The Morgan fingerprint density at radius 1 is 0.762 bits per heavy atom. The van der Waals surface area contributed by atoms with Gasteiger partial charge in [-0.1, -0.05) is 48.5 Å². The van der Waals surface area contributed by atoms with Gasteiger partial charge in [-0.15, -0.1) is 0 Å². The topological polar surface area (TPSA) is 52.6 Å². The Labute approximate surface area is 129 Å². The van der Waals surface area contributed by atoms with Gasteiger partial charge >= 0.3 is 11.9 Å². The second kappa shape index (κ2) is 9.80. The minimum absolute atomic E-state index is 0.0763. The Kier molecular flexibility index (Phi) is 9.31. The first-order valence-electron chi connectivity index (χ1n) is 8.07. The molecule has 21 heavy (non-hydrogen) atoms. The minimum Gasteiger partial charge on any atom is -0.462 e. The van der Waals surface area contributed by atoms with Crippen molar-refractivity contribution in [2.75, 3.05) is 0 Å². The molecule has 1 atom stereocenters. The lowest BCUT2D eigenvalue weighted by Crippen LogP contribution is -2.29. The Morgan fingerprint density at radius 3 is 1.52 bits per heavy atom. The van der Waals surface area contributed by atoms with Crippen molar-refractivity contribution < 1.29 is 19.1 Å². The number of rotatable bonds is 9. The smallest absolute Gasteiger partial charge is 0.306 e. The van der Waals surface area contributed by atoms with Crippen LogP contribution in [0.25, 0.3) is 0 Å². The van der Waals surface area contributed by atoms with Gasteiger partial charge in [0.05, 0.1) is 12.8 Å². The van der Waals surface area contributed by atoms with Gasteiger partial charge in [-0.25, -0.2) is 0 Å². The summed E-state index contributed by atoms with van der Waals surface area (Å²) in [5.74, 6) is 0.185. The molecule has 0 amide bonds. The number of esters is 2. The molecule has 0 bridgehead atoms. The maximum atomic E-state index is 11.8. The lowest BCUT2D eigenvalue weighted by Gasteiger charge is -2.25. The summed E-state index contributed by atoms with van der Waals surface area (Å²) in [5.41, 5.74) is 0. The first kappa shape index (κ1) is 19.9. The summed E-state index contributed by atoms with van der Waals surface area (Å²) in [5, 5.41) is 0. The summed E-state index contributed by atoms with van der Waals surface area (Å²) in [6, 6.07) is 0. The second-order valence-electron chi connectivity index (χ2n) is 6.62. The summed E-state index contributed by atoms with van der Waals surface area (Å²) in [6.45, 7) is 14.1. The first-order chi connectivity index (χ1) is 9.68. The van der Waals surface area contributed by atoms with Gasteiger partial charge in [-0.2, -0.15) is 0 Å². The fourth-order valence-electron chi connectivity index (χ4n) is 2.38. The van der Waals surface area contributed by atoms with Gasteiger partial charge in [0.15, 0.2) is 0 Å². The van der Waals surface area contributed by atoms with E-state index >= 15 is 0 Å². The molecule has 0 aliphatic heterocycles. The SMILES string of the molecule is CCC(OC(=O)CCC(=O)OC(C(C)C)C(C)C)C(C)C. The van der Waals surface area contributed by atoms with Crippen LogP contribution < -0.4 is 0 Å². The molecule has 0 radical (unpaired) electrons. The van der Waals surface area contributed by atoms with Crippen LogP contribution in [0, 0.1) is 17.8 Å². The van der Waals surface area contributed by atoms with E-state index in [0.29, 0.717) is 0 Å². The highest BCUT2D eigenvalue weighted by atomic mass is 16.6. The Hall–Kier alpha value is -1.06. The van der Waals surface area contributed by atoms with E-state index < -0.39 is 0 Å². The van der Waals surface area contributed by atoms with E-state index in [0.717, 1.165) is 6.42 Å². The van der Waals surface area contributed by atoms with E-state index in [1.54, 1.807) is 0 Å². The van der Waals surface area contributed by atoms with E-state index in [1.807, 2.05) is 48.5 Å². The minimum atomic E-state index is -0.322. The van der Waals surface area contributed by atoms with Crippen LogP contribution in [-0.2, 0) is 19.1 Å². The highest BCUT2D eigenvalue weighted by Crippen LogP contribution is 2.17. The molecule has 4 nitrogen and oxygen atoms in total. The van der Waals surface area contributed by atoms with Crippen molar-refractivity contribution in [1.29, 1.82) is 0 Å². The van der Waals surface area contributed by atoms with Crippen molar-refractivity contribution in [3.63, 3.8) is 0 Å². The average molecular weight is 300 g/mol. The van der Waals surface area contributed by atoms with Crippen molar-refractivity contribution >= 4 is 11.9 Å². The van der Waals surface area contributed by atoms with Crippen molar-refractivity contribution in [2.45, 2.75) is 79.9 Å². The van der Waals surface area contributed by atoms with E-state index in [4.69, 9.17) is 9.47 Å². The molecule has 0 aliphatic carbocycles. The first-order valence-corrected chi connectivity index (χ1v) is 8.07. The van der Waals surface area contributed by atoms with Crippen molar-refractivity contribution in [3.8, 4) is 0 Å². The number of ether oxygens (including phenoxy) is 2. The molecule has 0 rings (SSSR count). The average Bonchev–Trinajstić information content (AvgIpc) is 2.38. The van der Waals surface area contributed by atoms with Crippen LogP contribution in [0.5, 0.6) is 0 Å².